The molecule has 2 aliphatic carbocycles. The van der Waals surface area contributed by atoms with E-state index in [-0.39, 0.29) is 0 Å². The van der Waals surface area contributed by atoms with Crippen molar-refractivity contribution in [3.05, 3.63) is 35.9 Å². The lowest BCUT2D eigenvalue weighted by Gasteiger charge is -2.23. The van der Waals surface area contributed by atoms with Gasteiger partial charge in [-0.25, -0.2) is 0 Å². The molecule has 1 spiro atoms. The van der Waals surface area contributed by atoms with Crippen molar-refractivity contribution in [2.75, 3.05) is 19.6 Å². The van der Waals surface area contributed by atoms with Crippen molar-refractivity contribution in [3.8, 4) is 0 Å². The fourth-order valence-electron chi connectivity index (χ4n) is 4.04. The number of rotatable bonds is 4. The van der Waals surface area contributed by atoms with Gasteiger partial charge in [-0.1, -0.05) is 30.3 Å². The molecule has 0 radical (unpaired) electrons. The normalized spacial score (nSPS) is 35.3. The zero-order valence-electron chi connectivity index (χ0n) is 11.6. The summed E-state index contributed by atoms with van der Waals surface area (Å²) in [7, 11) is 0. The molecular formula is C17H24N2. The molecule has 3 unspecified atom stereocenters. The Hall–Kier alpha value is -0.860. The Morgan fingerprint density at radius 2 is 1.95 bits per heavy atom. The van der Waals surface area contributed by atoms with Gasteiger partial charge in [-0.05, 0) is 62.2 Å². The Morgan fingerprint density at radius 1 is 1.16 bits per heavy atom. The standard InChI is InChI=1S/C17H24N2/c1-2-4-13(5-3-1)15-10-16(15)19-12-14-11-17(14)6-8-18-9-7-17/h1-5,14-16,18-19H,6-12H2. The Morgan fingerprint density at radius 3 is 2.74 bits per heavy atom. The van der Waals surface area contributed by atoms with Crippen LogP contribution in [-0.4, -0.2) is 25.7 Å². The summed E-state index contributed by atoms with van der Waals surface area (Å²) in [5, 5.41) is 7.30. The van der Waals surface area contributed by atoms with Crippen molar-refractivity contribution < 1.29 is 0 Å². The van der Waals surface area contributed by atoms with Crippen LogP contribution in [0.2, 0.25) is 0 Å². The smallest absolute Gasteiger partial charge is 0.0143 e. The van der Waals surface area contributed by atoms with Crippen LogP contribution in [0.15, 0.2) is 30.3 Å². The van der Waals surface area contributed by atoms with Gasteiger partial charge in [0.05, 0.1) is 0 Å². The van der Waals surface area contributed by atoms with Crippen LogP contribution in [0.25, 0.3) is 0 Å². The Balaban J connectivity index is 1.25. The van der Waals surface area contributed by atoms with Gasteiger partial charge in [-0.15, -0.1) is 0 Å². The van der Waals surface area contributed by atoms with Crippen LogP contribution in [-0.2, 0) is 0 Å². The van der Waals surface area contributed by atoms with E-state index in [1.54, 1.807) is 0 Å². The van der Waals surface area contributed by atoms with E-state index in [1.807, 2.05) is 0 Å². The van der Waals surface area contributed by atoms with Crippen LogP contribution in [0.4, 0.5) is 0 Å². The second-order valence-electron chi connectivity index (χ2n) is 6.78. The molecule has 0 aromatic heterocycles. The van der Waals surface area contributed by atoms with Crippen LogP contribution in [0.3, 0.4) is 0 Å². The Bertz CT molecular complexity index is 436. The molecule has 3 fully saturated rings. The monoisotopic (exact) mass is 256 g/mol. The maximum absolute atomic E-state index is 3.82. The number of nitrogens with one attached hydrogen (secondary N) is 2. The van der Waals surface area contributed by atoms with Crippen molar-refractivity contribution in [1.82, 2.24) is 10.6 Å². The van der Waals surface area contributed by atoms with E-state index in [0.29, 0.717) is 0 Å². The highest BCUT2D eigenvalue weighted by molar-refractivity contribution is 5.27. The highest BCUT2D eigenvalue weighted by Gasteiger charge is 2.53. The van der Waals surface area contributed by atoms with Gasteiger partial charge in [0.15, 0.2) is 0 Å². The topological polar surface area (TPSA) is 24.1 Å². The second kappa shape index (κ2) is 4.60. The van der Waals surface area contributed by atoms with E-state index < -0.39 is 0 Å². The number of piperidine rings is 1. The molecule has 2 heteroatoms. The highest BCUT2D eigenvalue weighted by Crippen LogP contribution is 2.58. The molecule has 0 bridgehead atoms. The van der Waals surface area contributed by atoms with Crippen molar-refractivity contribution >= 4 is 0 Å². The fourth-order valence-corrected chi connectivity index (χ4v) is 4.04. The molecule has 3 atom stereocenters. The second-order valence-corrected chi connectivity index (χ2v) is 6.78. The third-order valence-corrected chi connectivity index (χ3v) is 5.60. The number of hydrogen-bond acceptors (Lipinski definition) is 2. The molecule has 4 rings (SSSR count). The molecule has 19 heavy (non-hydrogen) atoms. The van der Waals surface area contributed by atoms with Gasteiger partial charge < -0.3 is 10.6 Å². The molecule has 2 nitrogen and oxygen atoms in total. The quantitative estimate of drug-likeness (QED) is 0.865. The summed E-state index contributed by atoms with van der Waals surface area (Å²) in [5.74, 6) is 1.75. The van der Waals surface area contributed by atoms with Crippen molar-refractivity contribution in [2.45, 2.75) is 37.6 Å². The molecular weight excluding hydrogens is 232 g/mol. The van der Waals surface area contributed by atoms with Gasteiger partial charge in [0.25, 0.3) is 0 Å². The first-order valence-electron chi connectivity index (χ1n) is 7.86. The summed E-state index contributed by atoms with van der Waals surface area (Å²) in [5.41, 5.74) is 2.25. The molecule has 1 aromatic carbocycles. The van der Waals surface area contributed by atoms with Gasteiger partial charge in [-0.2, -0.15) is 0 Å². The minimum absolute atomic E-state index is 0.732. The lowest BCUT2D eigenvalue weighted by molar-refractivity contribution is 0.318. The van der Waals surface area contributed by atoms with E-state index in [0.717, 1.165) is 23.3 Å². The van der Waals surface area contributed by atoms with Crippen LogP contribution >= 0.6 is 0 Å². The van der Waals surface area contributed by atoms with Gasteiger partial charge in [0.1, 0.15) is 0 Å². The molecule has 2 N–H and O–H groups in total. The predicted molar refractivity (Wildman–Crippen MR) is 78.2 cm³/mol. The Kier molecular flexibility index (Phi) is 2.89. The molecule has 0 amide bonds. The van der Waals surface area contributed by atoms with E-state index in [4.69, 9.17) is 0 Å². The van der Waals surface area contributed by atoms with Crippen molar-refractivity contribution in [2.24, 2.45) is 11.3 Å². The van der Waals surface area contributed by atoms with Crippen molar-refractivity contribution in [3.63, 3.8) is 0 Å². The predicted octanol–water partition coefficient (Wildman–Crippen LogP) is 2.52. The first-order valence-corrected chi connectivity index (χ1v) is 7.86. The van der Waals surface area contributed by atoms with E-state index >= 15 is 0 Å². The molecule has 1 aromatic rings. The van der Waals surface area contributed by atoms with E-state index in [9.17, 15) is 0 Å². The van der Waals surface area contributed by atoms with Gasteiger partial charge in [-0.3, -0.25) is 0 Å². The SMILES string of the molecule is c1ccc(C2CC2NCC2CC23CCNCC3)cc1. The summed E-state index contributed by atoms with van der Waals surface area (Å²) in [6, 6.07) is 11.7. The molecule has 3 aliphatic rings. The zero-order chi connectivity index (χ0) is 12.7. The average Bonchev–Trinajstić information content (AvgIpc) is 3.36. The minimum atomic E-state index is 0.732. The van der Waals surface area contributed by atoms with Crippen LogP contribution in [0.1, 0.15) is 37.2 Å². The van der Waals surface area contributed by atoms with Gasteiger partial charge >= 0.3 is 0 Å². The Labute approximate surface area is 116 Å². The molecule has 1 saturated heterocycles. The largest absolute Gasteiger partial charge is 0.317 e. The average molecular weight is 256 g/mol. The summed E-state index contributed by atoms with van der Waals surface area (Å²) in [4.78, 5) is 0. The van der Waals surface area contributed by atoms with Gasteiger partial charge in [0.2, 0.25) is 0 Å². The lowest BCUT2D eigenvalue weighted by atomic mass is 9.92. The molecule has 1 aliphatic heterocycles. The van der Waals surface area contributed by atoms with Crippen molar-refractivity contribution in [1.29, 1.82) is 0 Å². The summed E-state index contributed by atoms with van der Waals surface area (Å²) in [6.07, 6.45) is 5.63. The fraction of sp³-hybridized carbons (Fsp3) is 0.647. The lowest BCUT2D eigenvalue weighted by Crippen LogP contribution is -2.31. The van der Waals surface area contributed by atoms with Crippen LogP contribution < -0.4 is 10.6 Å². The minimum Gasteiger partial charge on any atom is -0.317 e. The van der Waals surface area contributed by atoms with Gasteiger partial charge in [0, 0.05) is 12.0 Å². The number of hydrogen-bond donors (Lipinski definition) is 2. The third-order valence-electron chi connectivity index (χ3n) is 5.60. The van der Waals surface area contributed by atoms with E-state index in [1.165, 1.54) is 50.9 Å². The summed E-state index contributed by atoms with van der Waals surface area (Å²) in [6.45, 7) is 3.74. The zero-order valence-corrected chi connectivity index (χ0v) is 11.6. The molecule has 2 saturated carbocycles. The molecule has 102 valence electrons. The van der Waals surface area contributed by atoms with E-state index in [2.05, 4.69) is 41.0 Å². The summed E-state index contributed by atoms with van der Waals surface area (Å²) < 4.78 is 0. The first-order chi connectivity index (χ1) is 9.37. The maximum atomic E-state index is 3.82. The summed E-state index contributed by atoms with van der Waals surface area (Å²) >= 11 is 0. The molecule has 1 heterocycles. The maximum Gasteiger partial charge on any atom is 0.0143 e. The first kappa shape index (κ1) is 11.9. The van der Waals surface area contributed by atoms with Crippen LogP contribution in [0, 0.1) is 11.3 Å². The number of benzene rings is 1. The third kappa shape index (κ3) is 2.32. The van der Waals surface area contributed by atoms with Crippen LogP contribution in [0.5, 0.6) is 0 Å². The highest BCUT2D eigenvalue weighted by atomic mass is 15.0.